The third-order valence-electron chi connectivity index (χ3n) is 4.61. The molecule has 0 aliphatic carbocycles. The third-order valence-corrected chi connectivity index (χ3v) is 4.61. The molecule has 0 radical (unpaired) electrons. The van der Waals surface area contributed by atoms with Gasteiger partial charge in [-0.3, -0.25) is 4.90 Å². The first-order valence-electron chi connectivity index (χ1n) is 7.09. The molecular weight excluding hydrogens is 198 g/mol. The second-order valence-corrected chi connectivity index (χ2v) is 5.80. The maximum atomic E-state index is 3.37. The highest BCUT2D eigenvalue weighted by Gasteiger charge is 2.28. The summed E-state index contributed by atoms with van der Waals surface area (Å²) in [5, 5.41) is 3.37. The highest BCUT2D eigenvalue weighted by molar-refractivity contribution is 4.85. The summed E-state index contributed by atoms with van der Waals surface area (Å²) in [7, 11) is 0. The predicted molar refractivity (Wildman–Crippen MR) is 66.6 cm³/mol. The Morgan fingerprint density at radius 2 is 1.94 bits per heavy atom. The molecule has 3 heteroatoms. The quantitative estimate of drug-likeness (QED) is 0.762. The highest BCUT2D eigenvalue weighted by Crippen LogP contribution is 2.21. The van der Waals surface area contributed by atoms with Crippen LogP contribution in [0.25, 0.3) is 0 Å². The van der Waals surface area contributed by atoms with Crippen molar-refractivity contribution in [3.63, 3.8) is 0 Å². The van der Waals surface area contributed by atoms with E-state index in [2.05, 4.69) is 15.1 Å². The summed E-state index contributed by atoms with van der Waals surface area (Å²) in [5.74, 6) is 0.975. The van der Waals surface area contributed by atoms with Crippen LogP contribution in [0.1, 0.15) is 25.7 Å². The predicted octanol–water partition coefficient (Wildman–Crippen LogP) is 0.766. The Kier molecular flexibility index (Phi) is 3.46. The van der Waals surface area contributed by atoms with Crippen LogP contribution in [0.2, 0.25) is 0 Å². The van der Waals surface area contributed by atoms with E-state index < -0.39 is 0 Å². The van der Waals surface area contributed by atoms with E-state index >= 15 is 0 Å². The molecule has 3 heterocycles. The zero-order valence-electron chi connectivity index (χ0n) is 10.3. The second kappa shape index (κ2) is 5.03. The van der Waals surface area contributed by atoms with Crippen LogP contribution >= 0.6 is 0 Å². The van der Waals surface area contributed by atoms with Gasteiger partial charge in [0, 0.05) is 12.6 Å². The van der Waals surface area contributed by atoms with Crippen molar-refractivity contribution in [3.8, 4) is 0 Å². The van der Waals surface area contributed by atoms with Crippen LogP contribution in [0.5, 0.6) is 0 Å². The first kappa shape index (κ1) is 11.0. The van der Waals surface area contributed by atoms with E-state index in [-0.39, 0.29) is 0 Å². The fourth-order valence-corrected chi connectivity index (χ4v) is 3.40. The average Bonchev–Trinajstić information content (AvgIpc) is 2.55. The number of nitrogens with one attached hydrogen (secondary N) is 1. The Hall–Kier alpha value is -0.120. The summed E-state index contributed by atoms with van der Waals surface area (Å²) in [6, 6.07) is 0.891. The van der Waals surface area contributed by atoms with Crippen LogP contribution in [0, 0.1) is 5.92 Å². The zero-order valence-corrected chi connectivity index (χ0v) is 10.3. The Balaban J connectivity index is 1.46. The monoisotopic (exact) mass is 223 g/mol. The molecule has 1 unspecified atom stereocenters. The molecule has 0 spiro atoms. The van der Waals surface area contributed by atoms with Crippen LogP contribution in [0.3, 0.4) is 0 Å². The lowest BCUT2D eigenvalue weighted by Crippen LogP contribution is -2.44. The van der Waals surface area contributed by atoms with Crippen molar-refractivity contribution in [2.24, 2.45) is 5.92 Å². The molecule has 92 valence electrons. The van der Waals surface area contributed by atoms with Crippen LogP contribution in [0.15, 0.2) is 0 Å². The van der Waals surface area contributed by atoms with E-state index in [1.165, 1.54) is 71.5 Å². The van der Waals surface area contributed by atoms with Crippen molar-refractivity contribution in [2.45, 2.75) is 31.7 Å². The van der Waals surface area contributed by atoms with E-state index in [0.29, 0.717) is 0 Å². The molecule has 3 aliphatic rings. The van der Waals surface area contributed by atoms with Gasteiger partial charge in [-0.15, -0.1) is 0 Å². The topological polar surface area (TPSA) is 18.5 Å². The molecule has 3 saturated heterocycles. The molecule has 0 aromatic carbocycles. The lowest BCUT2D eigenvalue weighted by atomic mass is 9.99. The molecule has 3 rings (SSSR count). The van der Waals surface area contributed by atoms with Gasteiger partial charge in [0.2, 0.25) is 0 Å². The Bertz CT molecular complexity index is 227. The maximum absolute atomic E-state index is 3.37. The molecular formula is C13H25N3. The van der Waals surface area contributed by atoms with Gasteiger partial charge in [0.1, 0.15) is 0 Å². The van der Waals surface area contributed by atoms with Crippen LogP contribution < -0.4 is 5.32 Å². The van der Waals surface area contributed by atoms with Crippen LogP contribution in [-0.2, 0) is 0 Å². The largest absolute Gasteiger partial charge is 0.316 e. The van der Waals surface area contributed by atoms with Gasteiger partial charge in [0.15, 0.2) is 0 Å². The van der Waals surface area contributed by atoms with Crippen LogP contribution in [0.4, 0.5) is 0 Å². The molecule has 16 heavy (non-hydrogen) atoms. The van der Waals surface area contributed by atoms with Crippen molar-refractivity contribution < 1.29 is 0 Å². The average molecular weight is 223 g/mol. The first-order chi connectivity index (χ1) is 7.92. The van der Waals surface area contributed by atoms with E-state index in [1.807, 2.05) is 0 Å². The van der Waals surface area contributed by atoms with Gasteiger partial charge < -0.3 is 10.2 Å². The summed E-state index contributed by atoms with van der Waals surface area (Å²) in [4.78, 5) is 5.46. The van der Waals surface area contributed by atoms with E-state index in [4.69, 9.17) is 0 Å². The van der Waals surface area contributed by atoms with Gasteiger partial charge in [0.05, 0.1) is 0 Å². The molecule has 0 saturated carbocycles. The summed E-state index contributed by atoms with van der Waals surface area (Å²) < 4.78 is 0. The smallest absolute Gasteiger partial charge is 0.0223 e. The summed E-state index contributed by atoms with van der Waals surface area (Å²) in [5.41, 5.74) is 0. The lowest BCUT2D eigenvalue weighted by molar-refractivity contribution is 0.199. The van der Waals surface area contributed by atoms with Gasteiger partial charge in [-0.25, -0.2) is 0 Å². The van der Waals surface area contributed by atoms with Crippen molar-refractivity contribution in [1.82, 2.24) is 15.1 Å². The minimum atomic E-state index is 0.891. The van der Waals surface area contributed by atoms with Crippen molar-refractivity contribution in [1.29, 1.82) is 0 Å². The number of nitrogens with zero attached hydrogens (tertiary/aromatic N) is 2. The molecule has 1 N–H and O–H groups in total. The van der Waals surface area contributed by atoms with E-state index in [0.717, 1.165) is 12.0 Å². The highest BCUT2D eigenvalue weighted by atomic mass is 15.3. The number of rotatable bonds is 3. The maximum Gasteiger partial charge on any atom is 0.0223 e. The Morgan fingerprint density at radius 1 is 1.06 bits per heavy atom. The molecule has 3 nitrogen and oxygen atoms in total. The van der Waals surface area contributed by atoms with Gasteiger partial charge in [-0.05, 0) is 70.9 Å². The number of fused-ring (bicyclic) bond motifs is 1. The zero-order chi connectivity index (χ0) is 10.8. The number of hydrogen-bond acceptors (Lipinski definition) is 3. The molecule has 3 aliphatic heterocycles. The van der Waals surface area contributed by atoms with Gasteiger partial charge >= 0.3 is 0 Å². The number of hydrogen-bond donors (Lipinski definition) is 1. The van der Waals surface area contributed by atoms with Gasteiger partial charge in [-0.1, -0.05) is 0 Å². The van der Waals surface area contributed by atoms with Gasteiger partial charge in [-0.2, -0.15) is 0 Å². The second-order valence-electron chi connectivity index (χ2n) is 5.80. The molecule has 0 aromatic rings. The van der Waals surface area contributed by atoms with E-state index in [9.17, 15) is 0 Å². The molecule has 1 atom stereocenters. The van der Waals surface area contributed by atoms with E-state index in [1.54, 1.807) is 0 Å². The third kappa shape index (κ3) is 2.41. The minimum absolute atomic E-state index is 0.891. The van der Waals surface area contributed by atoms with Gasteiger partial charge in [0.25, 0.3) is 0 Å². The fourth-order valence-electron chi connectivity index (χ4n) is 3.40. The summed E-state index contributed by atoms with van der Waals surface area (Å²) in [6.45, 7) is 9.29. The van der Waals surface area contributed by atoms with Crippen molar-refractivity contribution in [2.75, 3.05) is 45.8 Å². The normalized spacial score (nSPS) is 33.4. The minimum Gasteiger partial charge on any atom is -0.316 e. The van der Waals surface area contributed by atoms with Crippen molar-refractivity contribution >= 4 is 0 Å². The van der Waals surface area contributed by atoms with Crippen LogP contribution in [-0.4, -0.2) is 61.7 Å². The molecule has 0 amide bonds. The standard InChI is InChI=1S/C13H25N3/c1-3-13-11-15(5-2-7-16(13)6-1)8-4-12-9-14-10-12/h12-14H,1-11H2. The fraction of sp³-hybridized carbons (Fsp3) is 1.00. The SMILES string of the molecule is C1CC2CN(CCC3CNC3)CCCN2C1. The Morgan fingerprint density at radius 3 is 2.75 bits per heavy atom. The van der Waals surface area contributed by atoms with Crippen molar-refractivity contribution in [3.05, 3.63) is 0 Å². The molecule has 0 aromatic heterocycles. The lowest BCUT2D eigenvalue weighted by Gasteiger charge is -2.31. The summed E-state index contributed by atoms with van der Waals surface area (Å²) in [6.07, 6.45) is 5.69. The summed E-state index contributed by atoms with van der Waals surface area (Å²) >= 11 is 0. The molecule has 0 bridgehead atoms. The Labute approximate surface area is 99.2 Å². The first-order valence-corrected chi connectivity index (χ1v) is 7.09. The molecule has 3 fully saturated rings.